The first-order chi connectivity index (χ1) is 37.0. The molecule has 4 N–H and O–H groups in total. The first-order valence-corrected chi connectivity index (χ1v) is 27.3. The van der Waals surface area contributed by atoms with Gasteiger partial charge in [0, 0.05) is 24.7 Å². The van der Waals surface area contributed by atoms with E-state index in [1.807, 2.05) is 0 Å². The molecular weight excluding hydrogens is 919 g/mol. The second-order valence-electron chi connectivity index (χ2n) is 22.1. The van der Waals surface area contributed by atoms with E-state index in [1.165, 1.54) is 135 Å². The molecular formula is C73H67N3. The summed E-state index contributed by atoms with van der Waals surface area (Å²) in [4.78, 5) is 2.38. The van der Waals surface area contributed by atoms with E-state index in [0.717, 1.165) is 24.9 Å². The fourth-order valence-electron chi connectivity index (χ4n) is 12.5. The van der Waals surface area contributed by atoms with Crippen LogP contribution in [-0.4, -0.2) is 7.05 Å². The minimum absolute atomic E-state index is 0.119. The summed E-state index contributed by atoms with van der Waals surface area (Å²) in [5.41, 5.74) is 31.5. The predicted molar refractivity (Wildman–Crippen MR) is 325 cm³/mol. The van der Waals surface area contributed by atoms with Crippen LogP contribution in [0.2, 0.25) is 0 Å². The molecule has 0 saturated carbocycles. The van der Waals surface area contributed by atoms with Crippen molar-refractivity contribution in [3.63, 3.8) is 0 Å². The van der Waals surface area contributed by atoms with E-state index in [1.54, 1.807) is 5.57 Å². The normalized spacial score (nSPS) is 14.6. The molecule has 11 aromatic rings. The van der Waals surface area contributed by atoms with Crippen molar-refractivity contribution < 1.29 is 0 Å². The summed E-state index contributed by atoms with van der Waals surface area (Å²) >= 11 is 0. The minimum atomic E-state index is -0.471. The molecule has 374 valence electrons. The largest absolute Gasteiger partial charge is 0.370 e. The van der Waals surface area contributed by atoms with Gasteiger partial charge in [0.1, 0.15) is 0 Å². The molecule has 0 aliphatic heterocycles. The van der Waals surface area contributed by atoms with Gasteiger partial charge >= 0.3 is 0 Å². The highest BCUT2D eigenvalue weighted by atomic mass is 15.1. The third-order valence-electron chi connectivity index (χ3n) is 16.7. The number of hydrogen-bond acceptors (Lipinski definition) is 3. The van der Waals surface area contributed by atoms with Crippen molar-refractivity contribution in [2.45, 2.75) is 71.0 Å². The Morgan fingerprint density at radius 2 is 1.05 bits per heavy atom. The molecule has 2 aliphatic rings. The fraction of sp³-hybridized carbons (Fsp3) is 0.178. The van der Waals surface area contributed by atoms with Gasteiger partial charge < -0.3 is 16.4 Å². The molecule has 0 saturated heterocycles. The summed E-state index contributed by atoms with van der Waals surface area (Å²) in [6.07, 6.45) is 7.91. The van der Waals surface area contributed by atoms with Crippen molar-refractivity contribution in [1.29, 1.82) is 0 Å². The Labute approximate surface area is 449 Å². The highest BCUT2D eigenvalue weighted by Gasteiger charge is 2.36. The number of nitrogens with two attached hydrogens (primary N) is 2. The van der Waals surface area contributed by atoms with Gasteiger partial charge in [-0.15, -0.1) is 0 Å². The number of anilines is 1. The van der Waals surface area contributed by atoms with Crippen LogP contribution in [0.1, 0.15) is 85.1 Å². The van der Waals surface area contributed by atoms with Crippen molar-refractivity contribution in [3.05, 3.63) is 269 Å². The Balaban J connectivity index is 0.000000176. The van der Waals surface area contributed by atoms with E-state index < -0.39 is 6.17 Å². The summed E-state index contributed by atoms with van der Waals surface area (Å²) in [5, 5.41) is 10.4. The Morgan fingerprint density at radius 3 is 1.71 bits per heavy atom. The van der Waals surface area contributed by atoms with Gasteiger partial charge in [0.2, 0.25) is 0 Å². The topological polar surface area (TPSA) is 55.3 Å². The maximum atomic E-state index is 6.04. The van der Waals surface area contributed by atoms with E-state index in [4.69, 9.17) is 11.5 Å². The minimum Gasteiger partial charge on any atom is -0.370 e. The van der Waals surface area contributed by atoms with Crippen LogP contribution < -0.4 is 16.4 Å². The molecule has 76 heavy (non-hydrogen) atoms. The molecule has 0 amide bonds. The number of nitrogens with zero attached hydrogens (tertiary/aromatic N) is 1. The lowest BCUT2D eigenvalue weighted by Crippen LogP contribution is -2.22. The van der Waals surface area contributed by atoms with Crippen molar-refractivity contribution in [2.24, 2.45) is 17.4 Å². The van der Waals surface area contributed by atoms with Gasteiger partial charge in [0.15, 0.2) is 0 Å². The van der Waals surface area contributed by atoms with Gasteiger partial charge in [0.25, 0.3) is 0 Å². The van der Waals surface area contributed by atoms with Crippen LogP contribution in [0.15, 0.2) is 230 Å². The zero-order valence-electron chi connectivity index (χ0n) is 44.4. The molecule has 3 heteroatoms. The quantitative estimate of drug-likeness (QED) is 0.0815. The molecule has 0 bridgehead atoms. The van der Waals surface area contributed by atoms with E-state index >= 15 is 0 Å². The lowest BCUT2D eigenvalue weighted by Gasteiger charge is -2.25. The summed E-state index contributed by atoms with van der Waals surface area (Å²) < 4.78 is 0. The second kappa shape index (κ2) is 20.6. The zero-order valence-corrected chi connectivity index (χ0v) is 44.4. The number of fused-ring (bicyclic) bond motifs is 9. The maximum absolute atomic E-state index is 6.04. The van der Waals surface area contributed by atoms with Crippen LogP contribution >= 0.6 is 0 Å². The molecule has 0 aromatic heterocycles. The lowest BCUT2D eigenvalue weighted by molar-refractivity contribution is 0.508. The summed E-state index contributed by atoms with van der Waals surface area (Å²) in [5.74, 6) is 0.715. The Hall–Kier alpha value is -8.08. The SMILES string of the molecule is CC1=CCCCC1Cc1cccc(-c2ccc3c(ccc4ccccc43)c2)c1.CN(Cc1ccc2c(c1)C(C)(C)c1cc(C(N)N)ccc1-2)c1ccccc1Cc1cccc(-c2ccc3c(ccc4ccccc43)c2)c1. The standard InChI is InChI=1S/C45H41N3.C28H26/c1-45(2)41-25-30(15-20-39(41)40-22-19-36(44(46)47)27-42(40)45)28-48(3)43-14-7-5-11-35(43)24-29-9-8-12-32(23-29)33-18-21-38-34(26-33)17-16-31-10-4-6-13-37(31)38;1-20-7-2-3-10-23(20)17-21-8-6-11-24(18-21)25-15-16-28-26(19-25)14-13-22-9-4-5-12-27(22)28/h4-23,25-27,44H,24,28,46-47H2,1-3H3;4-9,11-16,18-19,23H,2-3,10,17H2,1H3. The summed E-state index contributed by atoms with van der Waals surface area (Å²) in [6, 6.07) is 80.4. The van der Waals surface area contributed by atoms with Gasteiger partial charge in [-0.25, -0.2) is 0 Å². The lowest BCUT2D eigenvalue weighted by atomic mass is 9.81. The van der Waals surface area contributed by atoms with Crippen molar-refractivity contribution in [1.82, 2.24) is 0 Å². The van der Waals surface area contributed by atoms with Crippen LogP contribution in [0.3, 0.4) is 0 Å². The molecule has 2 aliphatic carbocycles. The molecule has 1 unspecified atom stereocenters. The van der Waals surface area contributed by atoms with E-state index in [9.17, 15) is 0 Å². The number of para-hydroxylation sites is 1. The molecule has 0 spiro atoms. The number of hydrogen-bond donors (Lipinski definition) is 2. The van der Waals surface area contributed by atoms with Crippen LogP contribution in [-0.2, 0) is 24.8 Å². The smallest absolute Gasteiger partial charge is 0.0784 e. The van der Waals surface area contributed by atoms with Gasteiger partial charge in [0.05, 0.1) is 6.17 Å². The second-order valence-corrected chi connectivity index (χ2v) is 22.1. The highest BCUT2D eigenvalue weighted by molar-refractivity contribution is 6.09. The molecule has 0 fully saturated rings. The first kappa shape index (κ1) is 48.8. The van der Waals surface area contributed by atoms with Crippen molar-refractivity contribution in [2.75, 3.05) is 11.9 Å². The molecule has 3 nitrogen and oxygen atoms in total. The van der Waals surface area contributed by atoms with Gasteiger partial charge in [-0.2, -0.15) is 0 Å². The third-order valence-corrected chi connectivity index (χ3v) is 16.7. The average Bonchev–Trinajstić information content (AvgIpc) is 3.81. The van der Waals surface area contributed by atoms with Gasteiger partial charge in [-0.05, 0) is 179 Å². The number of benzene rings is 11. The summed E-state index contributed by atoms with van der Waals surface area (Å²) in [6.45, 7) is 7.74. The maximum Gasteiger partial charge on any atom is 0.0784 e. The summed E-state index contributed by atoms with van der Waals surface area (Å²) in [7, 11) is 2.20. The molecule has 0 heterocycles. The Morgan fingerprint density at radius 1 is 0.500 bits per heavy atom. The van der Waals surface area contributed by atoms with E-state index in [0.29, 0.717) is 5.92 Å². The van der Waals surface area contributed by atoms with Crippen LogP contribution in [0.5, 0.6) is 0 Å². The van der Waals surface area contributed by atoms with Gasteiger partial charge in [-0.3, -0.25) is 0 Å². The fourth-order valence-corrected chi connectivity index (χ4v) is 12.5. The number of rotatable bonds is 10. The van der Waals surface area contributed by atoms with Crippen LogP contribution in [0, 0.1) is 5.92 Å². The monoisotopic (exact) mass is 986 g/mol. The van der Waals surface area contributed by atoms with Crippen LogP contribution in [0.4, 0.5) is 5.69 Å². The average molecular weight is 986 g/mol. The van der Waals surface area contributed by atoms with Crippen molar-refractivity contribution >= 4 is 48.8 Å². The zero-order chi connectivity index (χ0) is 51.9. The molecule has 1 atom stereocenters. The third kappa shape index (κ3) is 9.62. The molecule has 13 rings (SSSR count). The molecule has 0 radical (unpaired) electrons. The predicted octanol–water partition coefficient (Wildman–Crippen LogP) is 18.1. The Bertz CT molecular complexity index is 4010. The first-order valence-electron chi connectivity index (χ1n) is 27.3. The highest BCUT2D eigenvalue weighted by Crippen LogP contribution is 2.49. The van der Waals surface area contributed by atoms with Gasteiger partial charge in [-0.1, -0.05) is 226 Å². The van der Waals surface area contributed by atoms with E-state index in [2.05, 4.69) is 257 Å². The van der Waals surface area contributed by atoms with Crippen molar-refractivity contribution in [3.8, 4) is 33.4 Å². The number of allylic oxidation sites excluding steroid dienone is 2. The van der Waals surface area contributed by atoms with E-state index in [-0.39, 0.29) is 5.41 Å². The molecule has 11 aromatic carbocycles. The van der Waals surface area contributed by atoms with Crippen LogP contribution in [0.25, 0.3) is 76.5 Å². The Kier molecular flexibility index (Phi) is 13.2.